The van der Waals surface area contributed by atoms with Gasteiger partial charge in [0.05, 0.1) is 24.8 Å². The van der Waals surface area contributed by atoms with Crippen LogP contribution in [0.3, 0.4) is 0 Å². The molecule has 0 heterocycles. The summed E-state index contributed by atoms with van der Waals surface area (Å²) in [5.41, 5.74) is 3.01. The molecule has 0 spiro atoms. The van der Waals surface area contributed by atoms with Gasteiger partial charge in [0, 0.05) is 12.7 Å². The molecule has 31 heavy (non-hydrogen) atoms. The van der Waals surface area contributed by atoms with E-state index in [1.807, 2.05) is 32.9 Å². The summed E-state index contributed by atoms with van der Waals surface area (Å²) in [6, 6.07) is 14.2. The van der Waals surface area contributed by atoms with Gasteiger partial charge >= 0.3 is 5.97 Å². The van der Waals surface area contributed by atoms with E-state index >= 15 is 0 Å². The number of hydrogen-bond donors (Lipinski definition) is 1. The van der Waals surface area contributed by atoms with Gasteiger partial charge in [-0.1, -0.05) is 29.8 Å². The van der Waals surface area contributed by atoms with Crippen LogP contribution in [0.4, 0.5) is 5.69 Å². The van der Waals surface area contributed by atoms with Crippen LogP contribution in [-0.2, 0) is 25.7 Å². The van der Waals surface area contributed by atoms with E-state index in [0.29, 0.717) is 17.9 Å². The number of amides is 2. The second-order valence-electron chi connectivity index (χ2n) is 7.71. The van der Waals surface area contributed by atoms with Crippen molar-refractivity contribution < 1.29 is 23.9 Å². The maximum Gasteiger partial charge on any atom is 0.338 e. The summed E-state index contributed by atoms with van der Waals surface area (Å²) in [4.78, 5) is 38.3. The van der Waals surface area contributed by atoms with E-state index in [2.05, 4.69) is 5.32 Å². The third kappa shape index (κ3) is 7.86. The van der Waals surface area contributed by atoms with Gasteiger partial charge in [0.2, 0.25) is 5.91 Å². The Balaban J connectivity index is 1.85. The van der Waals surface area contributed by atoms with E-state index < -0.39 is 18.0 Å². The third-order valence-electron chi connectivity index (χ3n) is 4.50. The molecular formula is C24H30N2O5. The summed E-state index contributed by atoms with van der Waals surface area (Å²) in [6.07, 6.45) is -0.902. The summed E-state index contributed by atoms with van der Waals surface area (Å²) in [5, 5.41) is 2.73. The minimum atomic E-state index is -1.02. The van der Waals surface area contributed by atoms with E-state index in [9.17, 15) is 14.4 Å². The van der Waals surface area contributed by atoms with Gasteiger partial charge in [-0.15, -0.1) is 0 Å². The Bertz CT molecular complexity index is 891. The Morgan fingerprint density at radius 1 is 0.968 bits per heavy atom. The van der Waals surface area contributed by atoms with Gasteiger partial charge < -0.3 is 19.7 Å². The number of rotatable bonds is 9. The van der Waals surface area contributed by atoms with Crippen molar-refractivity contribution >= 4 is 23.5 Å². The van der Waals surface area contributed by atoms with Crippen molar-refractivity contribution in [2.24, 2.45) is 0 Å². The van der Waals surface area contributed by atoms with Gasteiger partial charge in [0.1, 0.15) is 0 Å². The molecule has 0 aliphatic rings. The second kappa shape index (κ2) is 11.3. The Hall–Kier alpha value is -3.19. The highest BCUT2D eigenvalue weighted by molar-refractivity contribution is 5.96. The van der Waals surface area contributed by atoms with E-state index in [-0.39, 0.29) is 18.6 Å². The van der Waals surface area contributed by atoms with Gasteiger partial charge in [0.25, 0.3) is 5.91 Å². The van der Waals surface area contributed by atoms with Crippen LogP contribution in [0.15, 0.2) is 48.5 Å². The zero-order valence-corrected chi connectivity index (χ0v) is 18.7. The lowest BCUT2D eigenvalue weighted by Crippen LogP contribution is -2.41. The zero-order valence-electron chi connectivity index (χ0n) is 18.7. The van der Waals surface area contributed by atoms with Crippen molar-refractivity contribution in [2.75, 3.05) is 18.9 Å². The fourth-order valence-corrected chi connectivity index (χ4v) is 2.72. The Morgan fingerprint density at radius 3 is 2.16 bits per heavy atom. The van der Waals surface area contributed by atoms with Gasteiger partial charge in [-0.3, -0.25) is 9.59 Å². The average molecular weight is 427 g/mol. The van der Waals surface area contributed by atoms with Crippen molar-refractivity contribution in [3.8, 4) is 0 Å². The molecule has 1 N–H and O–H groups in total. The van der Waals surface area contributed by atoms with Crippen LogP contribution in [0.2, 0.25) is 0 Å². The fourth-order valence-electron chi connectivity index (χ4n) is 2.72. The molecule has 2 rings (SSSR count). The van der Waals surface area contributed by atoms with Crippen molar-refractivity contribution in [1.29, 1.82) is 0 Å². The van der Waals surface area contributed by atoms with Gasteiger partial charge in [-0.05, 0) is 57.5 Å². The predicted octanol–water partition coefficient (Wildman–Crippen LogP) is 3.56. The molecule has 0 fully saturated rings. The minimum Gasteiger partial charge on any atom is -0.449 e. The third-order valence-corrected chi connectivity index (χ3v) is 4.50. The monoisotopic (exact) mass is 426 g/mol. The minimum absolute atomic E-state index is 0.118. The molecule has 7 nitrogen and oxygen atoms in total. The topological polar surface area (TPSA) is 84.9 Å². The van der Waals surface area contributed by atoms with E-state index in [4.69, 9.17) is 9.47 Å². The molecule has 2 aromatic carbocycles. The van der Waals surface area contributed by atoms with E-state index in [0.717, 1.165) is 11.1 Å². The maximum absolute atomic E-state index is 12.5. The first-order chi connectivity index (χ1) is 14.7. The van der Waals surface area contributed by atoms with Crippen molar-refractivity contribution in [3.63, 3.8) is 0 Å². The lowest BCUT2D eigenvalue weighted by molar-refractivity contribution is -0.140. The molecule has 2 amide bonds. The molecule has 0 aromatic heterocycles. The van der Waals surface area contributed by atoms with Crippen LogP contribution in [0.25, 0.3) is 0 Å². The highest BCUT2D eigenvalue weighted by Crippen LogP contribution is 2.11. The molecular weight excluding hydrogens is 396 g/mol. The predicted molar refractivity (Wildman–Crippen MR) is 119 cm³/mol. The molecule has 7 heteroatoms. The Kier molecular flexibility index (Phi) is 8.75. The summed E-state index contributed by atoms with van der Waals surface area (Å²) < 4.78 is 10.8. The van der Waals surface area contributed by atoms with Crippen molar-refractivity contribution in [3.05, 3.63) is 65.2 Å². The largest absolute Gasteiger partial charge is 0.449 e. The summed E-state index contributed by atoms with van der Waals surface area (Å²) in [7, 11) is 1.49. The first-order valence-electron chi connectivity index (χ1n) is 10.2. The molecule has 0 aliphatic heterocycles. The molecule has 2 aromatic rings. The number of anilines is 1. The van der Waals surface area contributed by atoms with Crippen LogP contribution in [0.1, 0.15) is 42.3 Å². The number of nitrogens with one attached hydrogen (secondary N) is 1. The van der Waals surface area contributed by atoms with Gasteiger partial charge in [-0.2, -0.15) is 0 Å². The highest BCUT2D eigenvalue weighted by atomic mass is 16.5. The van der Waals surface area contributed by atoms with Crippen molar-refractivity contribution in [1.82, 2.24) is 4.90 Å². The number of nitrogens with zero attached hydrogens (tertiary/aromatic N) is 1. The number of hydrogen-bond acceptors (Lipinski definition) is 5. The normalized spacial score (nSPS) is 11.7. The number of likely N-dealkylation sites (N-methyl/N-ethyl adjacent to an activating group) is 1. The van der Waals surface area contributed by atoms with Crippen molar-refractivity contribution in [2.45, 2.75) is 46.5 Å². The number of benzene rings is 2. The fraction of sp³-hybridized carbons (Fsp3) is 0.375. The number of carbonyl (C=O) groups excluding carboxylic acids is 3. The Labute approximate surface area is 183 Å². The molecule has 0 saturated carbocycles. The summed E-state index contributed by atoms with van der Waals surface area (Å²) in [5.74, 6) is -1.40. The first-order valence-corrected chi connectivity index (χ1v) is 10.2. The van der Waals surface area contributed by atoms with Crippen LogP contribution in [-0.4, -0.2) is 48.5 Å². The quantitative estimate of drug-likeness (QED) is 0.620. The lowest BCUT2D eigenvalue weighted by atomic mass is 10.1. The SMILES string of the molecule is Cc1ccc(NC(=O)CN(C)C(=O)[C@@H](C)OC(=O)c2ccc(COC(C)C)cc2)cc1. The first kappa shape index (κ1) is 24.1. The smallest absolute Gasteiger partial charge is 0.338 e. The number of carbonyl (C=O) groups is 3. The molecule has 0 bridgehead atoms. The van der Waals surface area contributed by atoms with Crippen LogP contribution < -0.4 is 5.32 Å². The van der Waals surface area contributed by atoms with Crippen LogP contribution >= 0.6 is 0 Å². The average Bonchev–Trinajstić information content (AvgIpc) is 2.73. The second-order valence-corrected chi connectivity index (χ2v) is 7.71. The van der Waals surface area contributed by atoms with Gasteiger partial charge in [-0.25, -0.2) is 4.79 Å². The Morgan fingerprint density at radius 2 is 1.58 bits per heavy atom. The van der Waals surface area contributed by atoms with E-state index in [1.54, 1.807) is 36.4 Å². The summed E-state index contributed by atoms with van der Waals surface area (Å²) >= 11 is 0. The molecule has 166 valence electrons. The van der Waals surface area contributed by atoms with Crippen LogP contribution in [0, 0.1) is 6.92 Å². The number of aryl methyl sites for hydroxylation is 1. The zero-order chi connectivity index (χ0) is 23.0. The highest BCUT2D eigenvalue weighted by Gasteiger charge is 2.23. The molecule has 0 unspecified atom stereocenters. The lowest BCUT2D eigenvalue weighted by Gasteiger charge is -2.21. The summed E-state index contributed by atoms with van der Waals surface area (Å²) in [6.45, 7) is 7.65. The van der Waals surface area contributed by atoms with Crippen LogP contribution in [0.5, 0.6) is 0 Å². The number of esters is 1. The number of ether oxygens (including phenoxy) is 2. The molecule has 0 saturated heterocycles. The van der Waals surface area contributed by atoms with Gasteiger partial charge in [0.15, 0.2) is 6.10 Å². The molecule has 0 aliphatic carbocycles. The standard InChI is InChI=1S/C24H30N2O5/c1-16(2)30-15-19-8-10-20(11-9-19)24(29)31-18(4)23(28)26(5)14-22(27)25-21-12-6-17(3)7-13-21/h6-13,16,18H,14-15H2,1-5H3,(H,25,27)/t18-/m1/s1. The van der Waals surface area contributed by atoms with E-state index in [1.165, 1.54) is 18.9 Å². The maximum atomic E-state index is 12.5. The molecule has 0 radical (unpaired) electrons. The molecule has 1 atom stereocenters.